The van der Waals surface area contributed by atoms with Crippen molar-refractivity contribution in [3.05, 3.63) is 23.8 Å². The van der Waals surface area contributed by atoms with E-state index in [1.54, 1.807) is 0 Å². The summed E-state index contributed by atoms with van der Waals surface area (Å²) in [5.41, 5.74) is 3.27. The maximum atomic E-state index is 11.1. The van der Waals surface area contributed by atoms with Crippen LogP contribution < -0.4 is 10.6 Å². The minimum absolute atomic E-state index is 0.112. The van der Waals surface area contributed by atoms with Crippen LogP contribution >= 0.6 is 0 Å². The van der Waals surface area contributed by atoms with E-state index in [1.807, 2.05) is 25.2 Å². The van der Waals surface area contributed by atoms with E-state index in [-0.39, 0.29) is 5.91 Å². The molecule has 2 rings (SSSR count). The van der Waals surface area contributed by atoms with E-state index in [1.165, 1.54) is 5.56 Å². The molecule has 1 amide bonds. The van der Waals surface area contributed by atoms with Crippen LogP contribution in [0.3, 0.4) is 0 Å². The van der Waals surface area contributed by atoms with E-state index in [4.69, 9.17) is 0 Å². The maximum absolute atomic E-state index is 11.1. The highest BCUT2D eigenvalue weighted by Gasteiger charge is 2.16. The van der Waals surface area contributed by atoms with Crippen LogP contribution in [0.25, 0.3) is 0 Å². The normalized spacial score (nSPS) is 14.7. The van der Waals surface area contributed by atoms with E-state index >= 15 is 0 Å². The largest absolute Gasteiger partial charge is 0.388 e. The molecule has 1 aromatic rings. The molecule has 0 radical (unpaired) electrons. The van der Waals surface area contributed by atoms with Crippen LogP contribution in [0, 0.1) is 0 Å². The quantitative estimate of drug-likeness (QED) is 0.682. The summed E-state index contributed by atoms with van der Waals surface area (Å²) < 4.78 is 0. The minimum atomic E-state index is 0.112. The van der Waals surface area contributed by atoms with Gasteiger partial charge in [-0.2, -0.15) is 0 Å². The fourth-order valence-corrected chi connectivity index (χ4v) is 1.66. The first kappa shape index (κ1) is 8.10. The van der Waals surface area contributed by atoms with Crippen molar-refractivity contribution >= 4 is 17.3 Å². The molecule has 2 N–H and O–H groups in total. The number of carbonyl (C=O) groups is 1. The van der Waals surface area contributed by atoms with Gasteiger partial charge in [0.15, 0.2) is 0 Å². The zero-order valence-corrected chi connectivity index (χ0v) is 7.55. The average molecular weight is 176 g/mol. The summed E-state index contributed by atoms with van der Waals surface area (Å²) in [7, 11) is 1.89. The van der Waals surface area contributed by atoms with Gasteiger partial charge in [-0.15, -0.1) is 0 Å². The molecule has 0 unspecified atom stereocenters. The number of nitrogens with one attached hydrogen (secondary N) is 2. The van der Waals surface area contributed by atoms with Crippen molar-refractivity contribution in [2.45, 2.75) is 12.8 Å². The Labute approximate surface area is 77.1 Å². The van der Waals surface area contributed by atoms with Crippen molar-refractivity contribution in [3.63, 3.8) is 0 Å². The predicted molar refractivity (Wildman–Crippen MR) is 52.9 cm³/mol. The Bertz CT molecular complexity index is 347. The van der Waals surface area contributed by atoms with E-state index in [0.29, 0.717) is 6.42 Å². The summed E-state index contributed by atoms with van der Waals surface area (Å²) >= 11 is 0. The smallest absolute Gasteiger partial charge is 0.224 e. The molecule has 0 spiro atoms. The number of rotatable bonds is 1. The second kappa shape index (κ2) is 3.09. The first-order valence-corrected chi connectivity index (χ1v) is 4.41. The molecular weight excluding hydrogens is 164 g/mol. The monoisotopic (exact) mass is 176 g/mol. The van der Waals surface area contributed by atoms with Crippen molar-refractivity contribution in [3.8, 4) is 0 Å². The number of anilines is 2. The lowest BCUT2D eigenvalue weighted by molar-refractivity contribution is -0.116. The molecule has 13 heavy (non-hydrogen) atoms. The molecule has 1 heterocycles. The predicted octanol–water partition coefficient (Wildman–Crippen LogP) is 1.61. The van der Waals surface area contributed by atoms with E-state index in [2.05, 4.69) is 10.6 Å². The van der Waals surface area contributed by atoms with Crippen molar-refractivity contribution in [2.75, 3.05) is 17.7 Å². The third-order valence-electron chi connectivity index (χ3n) is 2.32. The minimum Gasteiger partial charge on any atom is -0.388 e. The van der Waals surface area contributed by atoms with Gasteiger partial charge in [0.25, 0.3) is 0 Å². The van der Waals surface area contributed by atoms with Crippen LogP contribution in [0.5, 0.6) is 0 Å². The number of fused-ring (bicyclic) bond motifs is 1. The van der Waals surface area contributed by atoms with Gasteiger partial charge in [0, 0.05) is 24.8 Å². The number of hydrogen-bond acceptors (Lipinski definition) is 2. The van der Waals surface area contributed by atoms with Gasteiger partial charge in [-0.25, -0.2) is 0 Å². The summed E-state index contributed by atoms with van der Waals surface area (Å²) in [5.74, 6) is 0.112. The molecule has 0 saturated carbocycles. The van der Waals surface area contributed by atoms with Gasteiger partial charge >= 0.3 is 0 Å². The lowest BCUT2D eigenvalue weighted by Gasteiger charge is -2.19. The maximum Gasteiger partial charge on any atom is 0.224 e. The van der Waals surface area contributed by atoms with E-state index < -0.39 is 0 Å². The summed E-state index contributed by atoms with van der Waals surface area (Å²) in [6.07, 6.45) is 1.42. The van der Waals surface area contributed by atoms with Crippen LogP contribution in [0.15, 0.2) is 18.2 Å². The molecule has 3 nitrogen and oxygen atoms in total. The van der Waals surface area contributed by atoms with Crippen molar-refractivity contribution in [1.29, 1.82) is 0 Å². The summed E-state index contributed by atoms with van der Waals surface area (Å²) in [6.45, 7) is 0. The van der Waals surface area contributed by atoms with Crippen LogP contribution in [0.4, 0.5) is 11.4 Å². The zero-order valence-electron chi connectivity index (χ0n) is 7.55. The highest BCUT2D eigenvalue weighted by Crippen LogP contribution is 2.28. The fraction of sp³-hybridized carbons (Fsp3) is 0.300. The molecule has 0 saturated heterocycles. The Morgan fingerprint density at radius 2 is 2.23 bits per heavy atom. The Hall–Kier alpha value is -1.51. The zero-order chi connectivity index (χ0) is 9.26. The second-order valence-electron chi connectivity index (χ2n) is 3.13. The summed E-state index contributed by atoms with van der Waals surface area (Å²) in [5, 5.41) is 5.97. The molecule has 1 aliphatic heterocycles. The summed E-state index contributed by atoms with van der Waals surface area (Å²) in [6, 6.07) is 5.90. The Morgan fingerprint density at radius 1 is 1.38 bits per heavy atom. The van der Waals surface area contributed by atoms with E-state index in [0.717, 1.165) is 17.8 Å². The van der Waals surface area contributed by atoms with Gasteiger partial charge in [0.05, 0.1) is 0 Å². The first-order chi connectivity index (χ1) is 6.31. The Balaban J connectivity index is 2.45. The van der Waals surface area contributed by atoms with Crippen molar-refractivity contribution < 1.29 is 4.79 Å². The highest BCUT2D eigenvalue weighted by molar-refractivity contribution is 5.95. The molecule has 0 bridgehead atoms. The Kier molecular flexibility index (Phi) is 1.93. The van der Waals surface area contributed by atoms with Gasteiger partial charge < -0.3 is 10.6 Å². The molecule has 0 aromatic heterocycles. The lowest BCUT2D eigenvalue weighted by Crippen LogP contribution is -2.19. The standard InChI is InChI=1S/C10H12N2O/c1-11-8-3-2-4-9-7(8)5-6-10(13)12-9/h2-4,11H,5-6H2,1H3,(H,12,13). The second-order valence-corrected chi connectivity index (χ2v) is 3.13. The third kappa shape index (κ3) is 1.37. The molecule has 0 aliphatic carbocycles. The number of amides is 1. The molecule has 3 heteroatoms. The van der Waals surface area contributed by atoms with Gasteiger partial charge in [0.2, 0.25) is 5.91 Å². The van der Waals surface area contributed by atoms with Gasteiger partial charge in [-0.05, 0) is 24.1 Å². The van der Waals surface area contributed by atoms with Crippen molar-refractivity contribution in [1.82, 2.24) is 0 Å². The number of carbonyl (C=O) groups excluding carboxylic acids is 1. The molecule has 1 aromatic carbocycles. The van der Waals surface area contributed by atoms with Crippen LogP contribution in [-0.4, -0.2) is 13.0 Å². The van der Waals surface area contributed by atoms with Gasteiger partial charge in [-0.1, -0.05) is 6.07 Å². The first-order valence-electron chi connectivity index (χ1n) is 4.41. The van der Waals surface area contributed by atoms with Crippen molar-refractivity contribution in [2.24, 2.45) is 0 Å². The van der Waals surface area contributed by atoms with Gasteiger partial charge in [0.1, 0.15) is 0 Å². The van der Waals surface area contributed by atoms with Crippen LogP contribution in [0.1, 0.15) is 12.0 Å². The molecule has 68 valence electrons. The van der Waals surface area contributed by atoms with Crippen LogP contribution in [-0.2, 0) is 11.2 Å². The average Bonchev–Trinajstić information content (AvgIpc) is 2.16. The Morgan fingerprint density at radius 3 is 3.00 bits per heavy atom. The van der Waals surface area contributed by atoms with E-state index in [9.17, 15) is 4.79 Å². The number of hydrogen-bond donors (Lipinski definition) is 2. The van der Waals surface area contributed by atoms with Gasteiger partial charge in [-0.3, -0.25) is 4.79 Å². The number of benzene rings is 1. The molecule has 0 atom stereocenters. The third-order valence-corrected chi connectivity index (χ3v) is 2.32. The lowest BCUT2D eigenvalue weighted by atomic mass is 10.0. The SMILES string of the molecule is CNc1cccc2c1CCC(=O)N2. The summed E-state index contributed by atoms with van der Waals surface area (Å²) in [4.78, 5) is 11.1. The fourth-order valence-electron chi connectivity index (χ4n) is 1.66. The van der Waals surface area contributed by atoms with Crippen LogP contribution in [0.2, 0.25) is 0 Å². The molecule has 1 aliphatic rings. The highest BCUT2D eigenvalue weighted by atomic mass is 16.1. The molecular formula is C10H12N2O. The topological polar surface area (TPSA) is 41.1 Å². The molecule has 0 fully saturated rings.